The number of fused-ring (bicyclic) bond motifs is 1. The van der Waals surface area contributed by atoms with E-state index in [0.717, 1.165) is 22.2 Å². The topological polar surface area (TPSA) is 92.5 Å². The Balaban J connectivity index is 1.55. The van der Waals surface area contributed by atoms with Gasteiger partial charge < -0.3 is 9.73 Å². The summed E-state index contributed by atoms with van der Waals surface area (Å²) in [5.41, 5.74) is 2.77. The maximum absolute atomic E-state index is 5.78. The fraction of sp³-hybridized carbons (Fsp3) is 0.0667. The van der Waals surface area contributed by atoms with Crippen LogP contribution in [-0.4, -0.2) is 25.6 Å². The highest BCUT2D eigenvalue weighted by atomic mass is 35.5. The van der Waals surface area contributed by atoms with E-state index in [1.54, 1.807) is 12.3 Å². The van der Waals surface area contributed by atoms with E-state index < -0.39 is 0 Å². The second kappa shape index (κ2) is 5.69. The summed E-state index contributed by atoms with van der Waals surface area (Å²) in [5, 5.41) is 18.5. The van der Waals surface area contributed by atoms with E-state index in [4.69, 9.17) is 16.0 Å². The van der Waals surface area contributed by atoms with Gasteiger partial charge in [0.05, 0.1) is 11.9 Å². The van der Waals surface area contributed by atoms with E-state index in [0.29, 0.717) is 23.3 Å². The van der Waals surface area contributed by atoms with Gasteiger partial charge in [-0.15, -0.1) is 10.2 Å². The zero-order chi connectivity index (χ0) is 15.6. The minimum atomic E-state index is 0.438. The number of rotatable bonds is 4. The first-order valence-corrected chi connectivity index (χ1v) is 7.27. The van der Waals surface area contributed by atoms with Crippen LogP contribution in [0.25, 0.3) is 22.6 Å². The maximum atomic E-state index is 5.78. The van der Waals surface area contributed by atoms with Gasteiger partial charge in [-0.3, -0.25) is 0 Å². The fourth-order valence-electron chi connectivity index (χ4n) is 2.25. The average Bonchev–Trinajstić information content (AvgIpc) is 3.23. The molecule has 2 N–H and O–H groups in total. The van der Waals surface area contributed by atoms with Crippen molar-refractivity contribution in [1.82, 2.24) is 25.6 Å². The summed E-state index contributed by atoms with van der Waals surface area (Å²) in [5.74, 6) is 1.02. The highest BCUT2D eigenvalue weighted by Gasteiger charge is 2.10. The first kappa shape index (κ1) is 13.7. The molecule has 23 heavy (non-hydrogen) atoms. The van der Waals surface area contributed by atoms with E-state index in [9.17, 15) is 0 Å². The summed E-state index contributed by atoms with van der Waals surface area (Å²) < 4.78 is 5.78. The van der Waals surface area contributed by atoms with Gasteiger partial charge in [0.1, 0.15) is 10.7 Å². The summed E-state index contributed by atoms with van der Waals surface area (Å²) in [4.78, 5) is 4.03. The molecule has 0 saturated heterocycles. The van der Waals surface area contributed by atoms with Gasteiger partial charge >= 0.3 is 0 Å². The zero-order valence-electron chi connectivity index (χ0n) is 11.8. The monoisotopic (exact) mass is 326 g/mol. The van der Waals surface area contributed by atoms with Crippen LogP contribution in [0.5, 0.6) is 0 Å². The smallest absolute Gasteiger partial charge is 0.239 e. The summed E-state index contributed by atoms with van der Waals surface area (Å²) in [7, 11) is 0. The van der Waals surface area contributed by atoms with Crippen LogP contribution in [0.3, 0.4) is 0 Å². The quantitative estimate of drug-likeness (QED) is 0.559. The molecule has 0 aliphatic heterocycles. The lowest BCUT2D eigenvalue weighted by atomic mass is 10.1. The van der Waals surface area contributed by atoms with Crippen LogP contribution in [0.2, 0.25) is 5.15 Å². The number of aromatic nitrogens is 5. The van der Waals surface area contributed by atoms with E-state index in [1.165, 1.54) is 0 Å². The van der Waals surface area contributed by atoms with Gasteiger partial charge in [-0.2, -0.15) is 5.21 Å². The predicted octanol–water partition coefficient (Wildman–Crippen LogP) is 3.27. The highest BCUT2D eigenvalue weighted by Crippen LogP contribution is 2.26. The van der Waals surface area contributed by atoms with Crippen molar-refractivity contribution in [1.29, 1.82) is 0 Å². The number of nitrogens with one attached hydrogen (secondary N) is 2. The Kier molecular flexibility index (Phi) is 3.39. The normalized spacial score (nSPS) is 11.0. The van der Waals surface area contributed by atoms with E-state index >= 15 is 0 Å². The molecule has 0 bridgehead atoms. The molecule has 1 aromatic carbocycles. The second-order valence-corrected chi connectivity index (χ2v) is 5.33. The molecule has 3 heterocycles. The summed E-state index contributed by atoms with van der Waals surface area (Å²) in [6.45, 7) is 0.650. The van der Waals surface area contributed by atoms with Crippen molar-refractivity contribution in [2.24, 2.45) is 0 Å². The van der Waals surface area contributed by atoms with Gasteiger partial charge in [-0.1, -0.05) is 23.7 Å². The Hall–Kier alpha value is -2.93. The van der Waals surface area contributed by atoms with Gasteiger partial charge in [0, 0.05) is 11.9 Å². The van der Waals surface area contributed by atoms with Crippen molar-refractivity contribution in [3.8, 4) is 11.6 Å². The third-order valence-corrected chi connectivity index (χ3v) is 3.60. The number of anilines is 1. The lowest BCUT2D eigenvalue weighted by Crippen LogP contribution is -1.99. The Labute approximate surface area is 135 Å². The number of halogens is 1. The number of pyridine rings is 1. The summed E-state index contributed by atoms with van der Waals surface area (Å²) in [6.07, 6.45) is 1.70. The van der Waals surface area contributed by atoms with E-state index in [2.05, 4.69) is 30.9 Å². The molecule has 0 atom stereocenters. The molecule has 114 valence electrons. The van der Waals surface area contributed by atoms with Gasteiger partial charge in [-0.05, 0) is 35.0 Å². The maximum Gasteiger partial charge on any atom is 0.239 e. The van der Waals surface area contributed by atoms with Crippen molar-refractivity contribution in [2.45, 2.75) is 6.54 Å². The van der Waals surface area contributed by atoms with Crippen LogP contribution >= 0.6 is 11.6 Å². The molecule has 0 spiro atoms. The van der Waals surface area contributed by atoms with Crippen molar-refractivity contribution < 1.29 is 4.42 Å². The number of H-pyrrole nitrogens is 1. The number of furan rings is 1. The molecular weight excluding hydrogens is 316 g/mol. The van der Waals surface area contributed by atoms with Gasteiger partial charge in [-0.25, -0.2) is 4.98 Å². The van der Waals surface area contributed by atoms with Gasteiger partial charge in [0.15, 0.2) is 5.76 Å². The molecule has 4 rings (SSSR count). The summed E-state index contributed by atoms with van der Waals surface area (Å²) >= 11 is 5.77. The molecule has 4 aromatic rings. The molecule has 0 unspecified atom stereocenters. The van der Waals surface area contributed by atoms with E-state index in [1.807, 2.05) is 30.3 Å². The van der Waals surface area contributed by atoms with Crippen LogP contribution in [-0.2, 0) is 6.54 Å². The van der Waals surface area contributed by atoms with Crippen molar-refractivity contribution in [3.63, 3.8) is 0 Å². The van der Waals surface area contributed by atoms with Crippen LogP contribution in [0.15, 0.2) is 47.0 Å². The Morgan fingerprint density at radius 3 is 2.91 bits per heavy atom. The van der Waals surface area contributed by atoms with Crippen molar-refractivity contribution in [2.75, 3.05) is 5.32 Å². The number of benzene rings is 1. The Bertz CT molecular complexity index is 932. The molecule has 7 nitrogen and oxygen atoms in total. The third-order valence-electron chi connectivity index (χ3n) is 3.37. The number of hydrogen-bond acceptors (Lipinski definition) is 6. The third kappa shape index (κ3) is 2.86. The largest absolute Gasteiger partial charge is 0.453 e. The molecule has 3 aromatic heterocycles. The van der Waals surface area contributed by atoms with Gasteiger partial charge in [0.25, 0.3) is 0 Å². The number of hydrogen-bond donors (Lipinski definition) is 2. The fourth-order valence-corrected chi connectivity index (χ4v) is 2.36. The number of tetrazole rings is 1. The minimum absolute atomic E-state index is 0.438. The standard InChI is InChI=1S/C15H11ClN6O/c16-14-4-3-11(8-18-14)17-7-9-1-2-10-6-13(23-12(10)5-9)15-19-21-22-20-15/h1-6,8,17H,7H2,(H,19,20,21,22). The lowest BCUT2D eigenvalue weighted by Gasteiger charge is -2.06. The van der Waals surface area contributed by atoms with Gasteiger partial charge in [0.2, 0.25) is 5.82 Å². The predicted molar refractivity (Wildman–Crippen MR) is 86.0 cm³/mol. The lowest BCUT2D eigenvalue weighted by molar-refractivity contribution is 0.625. The first-order valence-electron chi connectivity index (χ1n) is 6.90. The molecule has 0 amide bonds. The molecule has 0 aliphatic rings. The second-order valence-electron chi connectivity index (χ2n) is 4.94. The zero-order valence-corrected chi connectivity index (χ0v) is 12.6. The molecule has 0 saturated carbocycles. The average molecular weight is 327 g/mol. The van der Waals surface area contributed by atoms with Crippen LogP contribution < -0.4 is 5.32 Å². The Morgan fingerprint density at radius 1 is 1.17 bits per heavy atom. The minimum Gasteiger partial charge on any atom is -0.453 e. The first-order chi connectivity index (χ1) is 11.3. The molecular formula is C15H11ClN6O. The SMILES string of the molecule is Clc1ccc(NCc2ccc3cc(-c4nn[nH]n4)oc3c2)cn1. The number of nitrogens with zero attached hydrogens (tertiary/aromatic N) is 4. The Morgan fingerprint density at radius 2 is 2.13 bits per heavy atom. The summed E-state index contributed by atoms with van der Waals surface area (Å²) in [6, 6.07) is 11.5. The number of aromatic amines is 1. The molecule has 0 radical (unpaired) electrons. The molecule has 0 fully saturated rings. The molecule has 8 heteroatoms. The van der Waals surface area contributed by atoms with Crippen LogP contribution in [0, 0.1) is 0 Å². The van der Waals surface area contributed by atoms with E-state index in [-0.39, 0.29) is 0 Å². The van der Waals surface area contributed by atoms with Crippen molar-refractivity contribution >= 4 is 28.3 Å². The molecule has 0 aliphatic carbocycles. The van der Waals surface area contributed by atoms with Crippen LogP contribution in [0.4, 0.5) is 5.69 Å². The highest BCUT2D eigenvalue weighted by molar-refractivity contribution is 6.29. The van der Waals surface area contributed by atoms with Crippen LogP contribution in [0.1, 0.15) is 5.56 Å². The van der Waals surface area contributed by atoms with Crippen molar-refractivity contribution in [3.05, 3.63) is 53.3 Å².